The number of sulfone groups is 1. The van der Waals surface area contributed by atoms with Crippen molar-refractivity contribution < 1.29 is 23.4 Å². The molecule has 7 heteroatoms. The van der Waals surface area contributed by atoms with E-state index in [1.165, 1.54) is 25.7 Å². The fourth-order valence-electron chi connectivity index (χ4n) is 10.9. The Morgan fingerprint density at radius 3 is 2.44 bits per heavy atom. The van der Waals surface area contributed by atoms with Gasteiger partial charge in [-0.25, -0.2) is 8.42 Å². The Hall–Kier alpha value is -1.18. The van der Waals surface area contributed by atoms with Crippen LogP contribution in [0.15, 0.2) is 23.4 Å². The molecule has 0 bridgehead atoms. The highest BCUT2D eigenvalue weighted by atomic mass is 32.2. The first kappa shape index (κ1) is 31.3. The van der Waals surface area contributed by atoms with Crippen LogP contribution in [0.4, 0.5) is 0 Å². The van der Waals surface area contributed by atoms with Gasteiger partial charge in [-0.1, -0.05) is 40.5 Å². The molecule has 0 unspecified atom stereocenters. The molecule has 0 aromatic carbocycles. The van der Waals surface area contributed by atoms with Gasteiger partial charge in [-0.15, -0.1) is 0 Å². The maximum absolute atomic E-state index is 12.7. The lowest BCUT2D eigenvalue weighted by Gasteiger charge is -2.64. The summed E-state index contributed by atoms with van der Waals surface area (Å²) in [6.45, 7) is 12.2. The van der Waals surface area contributed by atoms with Crippen molar-refractivity contribution in [1.82, 2.24) is 4.57 Å². The van der Waals surface area contributed by atoms with Gasteiger partial charge in [0.15, 0.2) is 9.84 Å². The van der Waals surface area contributed by atoms with E-state index in [0.717, 1.165) is 38.5 Å². The maximum atomic E-state index is 12.7. The average molecular weight is 590 g/mol. The number of carbonyl (C=O) groups excluding carboxylic acids is 1. The van der Waals surface area contributed by atoms with Gasteiger partial charge in [-0.2, -0.15) is 0 Å². The van der Waals surface area contributed by atoms with E-state index in [-0.39, 0.29) is 39.6 Å². The van der Waals surface area contributed by atoms with Crippen LogP contribution in [0, 0.1) is 52.3 Å². The summed E-state index contributed by atoms with van der Waals surface area (Å²) in [7, 11) is -3.59. The zero-order chi connectivity index (χ0) is 29.7. The lowest BCUT2D eigenvalue weighted by Crippen LogP contribution is -2.62. The van der Waals surface area contributed by atoms with Crippen LogP contribution in [-0.2, 0) is 21.2 Å². The highest BCUT2D eigenvalue weighted by Gasteiger charge is 2.64. The number of ketones is 1. The van der Waals surface area contributed by atoms with Crippen molar-refractivity contribution in [3.05, 3.63) is 18.5 Å². The molecule has 232 valence electrons. The number of hydrogen-bond acceptors (Lipinski definition) is 5. The summed E-state index contributed by atoms with van der Waals surface area (Å²) in [5, 5.41) is 22.4. The summed E-state index contributed by atoms with van der Waals surface area (Å²) < 4.78 is 27.3. The van der Waals surface area contributed by atoms with Crippen molar-refractivity contribution >= 4 is 15.6 Å². The van der Waals surface area contributed by atoms with Crippen molar-refractivity contribution in [3.8, 4) is 0 Å². The zero-order valence-corrected chi connectivity index (χ0v) is 26.9. The van der Waals surface area contributed by atoms with E-state index < -0.39 is 15.6 Å². The quantitative estimate of drug-likeness (QED) is 0.335. The first-order valence-corrected chi connectivity index (χ1v) is 18.3. The largest absolute Gasteiger partial charge is 0.393 e. The first-order valence-electron chi connectivity index (χ1n) is 16.6. The molecular formula is C34H55NO5S. The molecule has 6 nitrogen and oxygen atoms in total. The molecule has 0 saturated heterocycles. The number of carbonyl (C=O) groups is 1. The van der Waals surface area contributed by atoms with E-state index in [9.17, 15) is 23.4 Å². The molecule has 1 aromatic rings. The molecule has 0 spiro atoms. The second kappa shape index (κ2) is 11.7. The van der Waals surface area contributed by atoms with E-state index in [4.69, 9.17) is 0 Å². The van der Waals surface area contributed by atoms with Crippen LogP contribution in [0.3, 0.4) is 0 Å². The second-order valence-electron chi connectivity index (χ2n) is 15.0. The van der Waals surface area contributed by atoms with Gasteiger partial charge in [-0.3, -0.25) is 4.79 Å². The summed E-state index contributed by atoms with van der Waals surface area (Å²) >= 11 is 0. The minimum absolute atomic E-state index is 0.186. The molecule has 4 fully saturated rings. The lowest BCUT2D eigenvalue weighted by molar-refractivity contribution is -0.203. The molecule has 0 amide bonds. The molecule has 41 heavy (non-hydrogen) atoms. The smallest absolute Gasteiger partial charge is 0.186 e. The number of aliphatic hydroxyl groups excluding tert-OH is 2. The first-order chi connectivity index (χ1) is 19.4. The average Bonchev–Trinajstić information content (AvgIpc) is 3.55. The second-order valence-corrected chi connectivity index (χ2v) is 17.0. The van der Waals surface area contributed by atoms with Crippen LogP contribution in [0.2, 0.25) is 0 Å². The van der Waals surface area contributed by atoms with E-state index in [2.05, 4.69) is 27.7 Å². The summed E-state index contributed by atoms with van der Waals surface area (Å²) in [6, 6.07) is 1.59. The fourth-order valence-corrected chi connectivity index (χ4v) is 12.2. The van der Waals surface area contributed by atoms with E-state index in [1.807, 2.05) is 11.5 Å². The Bertz CT molecular complexity index is 1190. The predicted molar refractivity (Wildman–Crippen MR) is 162 cm³/mol. The number of Topliss-reactive ketones (excluding diaryl/α,β-unsaturated/α-hetero) is 1. The number of aryl methyl sites for hydroxylation is 1. The van der Waals surface area contributed by atoms with Crippen LogP contribution < -0.4 is 0 Å². The van der Waals surface area contributed by atoms with Gasteiger partial charge < -0.3 is 14.8 Å². The molecule has 1 aromatic heterocycles. The third-order valence-corrected chi connectivity index (χ3v) is 14.7. The topological polar surface area (TPSA) is 96.6 Å². The summed E-state index contributed by atoms with van der Waals surface area (Å²) in [4.78, 5) is 12.9. The van der Waals surface area contributed by atoms with Gasteiger partial charge in [0.1, 0.15) is 11.5 Å². The normalized spacial score (nSPS) is 41.3. The van der Waals surface area contributed by atoms with E-state index in [1.54, 1.807) is 18.5 Å². The molecule has 4 aliphatic carbocycles. The Morgan fingerprint density at radius 1 is 1.05 bits per heavy atom. The van der Waals surface area contributed by atoms with Crippen LogP contribution >= 0.6 is 0 Å². The van der Waals surface area contributed by atoms with Gasteiger partial charge in [0, 0.05) is 25.4 Å². The van der Waals surface area contributed by atoms with Gasteiger partial charge >= 0.3 is 0 Å². The van der Waals surface area contributed by atoms with E-state index in [0.29, 0.717) is 48.5 Å². The Balaban J connectivity index is 1.21. The van der Waals surface area contributed by atoms with Crippen LogP contribution in [-0.4, -0.2) is 46.9 Å². The highest BCUT2D eigenvalue weighted by Crippen LogP contribution is 2.69. The molecule has 4 saturated carbocycles. The zero-order valence-electron chi connectivity index (χ0n) is 26.1. The number of rotatable bonds is 10. The number of aliphatic hydroxyl groups is 2. The molecule has 0 radical (unpaired) electrons. The van der Waals surface area contributed by atoms with Crippen molar-refractivity contribution in [2.75, 3.05) is 5.75 Å². The Labute approximate surface area is 248 Å². The Kier molecular flexibility index (Phi) is 8.94. The van der Waals surface area contributed by atoms with Gasteiger partial charge in [0.05, 0.1) is 17.1 Å². The number of nitrogens with zero attached hydrogens (tertiary/aromatic N) is 1. The van der Waals surface area contributed by atoms with Crippen molar-refractivity contribution in [2.45, 2.75) is 129 Å². The maximum Gasteiger partial charge on any atom is 0.186 e. The molecule has 5 rings (SSSR count). The lowest BCUT2D eigenvalue weighted by atomic mass is 9.41. The minimum Gasteiger partial charge on any atom is -0.393 e. The van der Waals surface area contributed by atoms with Gasteiger partial charge in [0.2, 0.25) is 0 Å². The fraction of sp³-hybridized carbons (Fsp3) is 0.853. The standard InChI is InChI=1S/C34H55NO5S/c1-6-26-30-19-23(36)13-16-34(30,5)29-14-17-33(4)27(11-12-28(33)31(29)32(26)38)22(3)9-8-10-24(37)21-41(39,40)25-15-18-35(7-2)20-25/h15,18,20,22-23,26-32,36,38H,6-14,16-17,19,21H2,1-5H3/t22-,23-,26-,27-,28+,29+,30+,31+,32-,33-,34-/m1/s1. The Morgan fingerprint density at radius 2 is 1.76 bits per heavy atom. The third-order valence-electron chi connectivity index (χ3n) is 13.1. The predicted octanol–water partition coefficient (Wildman–Crippen LogP) is 6.28. The van der Waals surface area contributed by atoms with Crippen LogP contribution in [0.5, 0.6) is 0 Å². The molecule has 11 atom stereocenters. The number of hydrogen-bond donors (Lipinski definition) is 2. The van der Waals surface area contributed by atoms with Gasteiger partial charge in [0.25, 0.3) is 0 Å². The van der Waals surface area contributed by atoms with Crippen molar-refractivity contribution in [1.29, 1.82) is 0 Å². The highest BCUT2D eigenvalue weighted by molar-refractivity contribution is 7.92. The van der Waals surface area contributed by atoms with Gasteiger partial charge in [-0.05, 0) is 117 Å². The summed E-state index contributed by atoms with van der Waals surface area (Å²) in [5.74, 6) is 2.57. The molecule has 2 N–H and O–H groups in total. The minimum atomic E-state index is -3.59. The molecule has 1 heterocycles. The SMILES string of the molecule is CC[C@H]1[C@@H](O)[C@@H]2[C@H](CC[C@]3(C)[C@@H]([C@H](C)CCCC(=O)CS(=O)(=O)c4ccn(CC)c4)CC[C@@H]23)[C@@]2(C)CC[C@@H](O)C[C@@H]12. The van der Waals surface area contributed by atoms with E-state index >= 15 is 0 Å². The summed E-state index contributed by atoms with van der Waals surface area (Å²) in [6.07, 6.45) is 13.4. The number of aromatic nitrogens is 1. The number of fused-ring (bicyclic) bond motifs is 5. The molecule has 4 aliphatic rings. The van der Waals surface area contributed by atoms with Crippen molar-refractivity contribution in [3.63, 3.8) is 0 Å². The molecule has 0 aliphatic heterocycles. The monoisotopic (exact) mass is 589 g/mol. The van der Waals surface area contributed by atoms with Crippen molar-refractivity contribution in [2.24, 2.45) is 52.3 Å². The van der Waals surface area contributed by atoms with Crippen LogP contribution in [0.1, 0.15) is 105 Å². The third kappa shape index (κ3) is 5.50. The van der Waals surface area contributed by atoms with Crippen LogP contribution in [0.25, 0.3) is 0 Å². The summed E-state index contributed by atoms with van der Waals surface area (Å²) in [5.41, 5.74) is 0.422. The molecular weight excluding hydrogens is 534 g/mol.